The van der Waals surface area contributed by atoms with Crippen molar-refractivity contribution in [3.8, 4) is 0 Å². The summed E-state index contributed by atoms with van der Waals surface area (Å²) in [7, 11) is 0. The number of hydrogen-bond donors (Lipinski definition) is 0. The van der Waals surface area contributed by atoms with E-state index in [0.29, 0.717) is 0 Å². The van der Waals surface area contributed by atoms with Crippen LogP contribution in [0.4, 0.5) is 0 Å². The first-order valence-electron chi connectivity index (χ1n) is 4.34. The summed E-state index contributed by atoms with van der Waals surface area (Å²) >= 11 is 1.77. The van der Waals surface area contributed by atoms with E-state index in [9.17, 15) is 0 Å². The predicted molar refractivity (Wildman–Crippen MR) is 57.2 cm³/mol. The van der Waals surface area contributed by atoms with Crippen LogP contribution in [-0.4, -0.2) is 4.98 Å². The van der Waals surface area contributed by atoms with Gasteiger partial charge in [-0.15, -0.1) is 11.3 Å². The third kappa shape index (κ3) is 1.59. The smallest absolute Gasteiger partial charge is 0.0992 e. The molecule has 0 aliphatic heterocycles. The van der Waals surface area contributed by atoms with Crippen LogP contribution in [0.25, 0.3) is 10.2 Å². The molecule has 0 fully saturated rings. The molecule has 1 aromatic heterocycles. The molecule has 0 atom stereocenters. The molecule has 1 aromatic carbocycles. The van der Waals surface area contributed by atoms with Crippen molar-refractivity contribution in [1.29, 1.82) is 0 Å². The van der Waals surface area contributed by atoms with Crippen LogP contribution in [0.2, 0.25) is 0 Å². The number of aromatic nitrogens is 1. The largest absolute Gasteiger partial charge is 0.241 e. The van der Waals surface area contributed by atoms with Crippen molar-refractivity contribution in [1.82, 2.24) is 4.98 Å². The van der Waals surface area contributed by atoms with Crippen molar-refractivity contribution in [2.75, 3.05) is 0 Å². The second kappa shape index (κ2) is 2.81. The Labute approximate surface area is 82.4 Å². The van der Waals surface area contributed by atoms with Gasteiger partial charge in [-0.05, 0) is 18.2 Å². The number of rotatable bonds is 0. The molecule has 2 heteroatoms. The average Bonchev–Trinajstić information content (AvgIpc) is 2.45. The zero-order valence-electron chi connectivity index (χ0n) is 8.09. The Morgan fingerprint density at radius 3 is 2.77 bits per heavy atom. The number of thiazole rings is 1. The van der Waals surface area contributed by atoms with E-state index in [-0.39, 0.29) is 5.41 Å². The Kier molecular flexibility index (Phi) is 1.88. The molecule has 2 aromatic rings. The van der Waals surface area contributed by atoms with Gasteiger partial charge in [0.25, 0.3) is 0 Å². The van der Waals surface area contributed by atoms with Gasteiger partial charge in [0.1, 0.15) is 0 Å². The summed E-state index contributed by atoms with van der Waals surface area (Å²) < 4.78 is 1.25. The van der Waals surface area contributed by atoms with Gasteiger partial charge in [0.15, 0.2) is 0 Å². The van der Waals surface area contributed by atoms with Gasteiger partial charge < -0.3 is 0 Å². The summed E-state index contributed by atoms with van der Waals surface area (Å²) in [5.41, 5.74) is 1.22. The zero-order valence-corrected chi connectivity index (χ0v) is 8.90. The monoisotopic (exact) mass is 190 g/mol. The van der Waals surface area contributed by atoms with E-state index in [1.807, 2.05) is 12.1 Å². The van der Waals surface area contributed by atoms with Gasteiger partial charge >= 0.3 is 0 Å². The topological polar surface area (TPSA) is 12.9 Å². The van der Waals surface area contributed by atoms with Gasteiger partial charge in [-0.1, -0.05) is 26.8 Å². The van der Waals surface area contributed by atoms with Gasteiger partial charge in [-0.2, -0.15) is 0 Å². The Hall–Kier alpha value is -0.890. The Bertz CT molecular complexity index is 390. The van der Waals surface area contributed by atoms with Crippen LogP contribution in [0.3, 0.4) is 0 Å². The van der Waals surface area contributed by atoms with E-state index in [2.05, 4.69) is 37.9 Å². The summed E-state index contributed by atoms with van der Waals surface area (Å²) in [5.74, 6) is 0. The fourth-order valence-electron chi connectivity index (χ4n) is 1.14. The minimum atomic E-state index is 0.156. The van der Waals surface area contributed by atoms with E-state index in [1.54, 1.807) is 11.3 Å². The number of nitrogens with zero attached hydrogens (tertiary/aromatic N) is 1. The second-order valence-corrected chi connectivity index (χ2v) is 5.19. The predicted octanol–water partition coefficient (Wildman–Crippen LogP) is 3.39. The highest BCUT2D eigenvalue weighted by molar-refractivity contribution is 7.18. The summed E-state index contributed by atoms with van der Waals surface area (Å²) in [6.07, 6.45) is 0. The van der Waals surface area contributed by atoms with Crippen LogP contribution in [0.1, 0.15) is 25.8 Å². The lowest BCUT2D eigenvalue weighted by atomic mass is 9.98. The maximum atomic E-state index is 4.57. The van der Waals surface area contributed by atoms with E-state index in [0.717, 1.165) is 5.52 Å². The van der Waals surface area contributed by atoms with Crippen molar-refractivity contribution in [2.24, 2.45) is 0 Å². The Morgan fingerprint density at radius 1 is 1.38 bits per heavy atom. The molecule has 0 saturated heterocycles. The highest BCUT2D eigenvalue weighted by Gasteiger charge is 2.18. The third-order valence-electron chi connectivity index (χ3n) is 1.87. The fourth-order valence-corrected chi connectivity index (χ4v) is 2.14. The van der Waals surface area contributed by atoms with Crippen LogP contribution in [0, 0.1) is 6.07 Å². The van der Waals surface area contributed by atoms with Crippen molar-refractivity contribution in [2.45, 2.75) is 26.2 Å². The van der Waals surface area contributed by atoms with Crippen LogP contribution in [0.15, 0.2) is 18.2 Å². The number of fused-ring (bicyclic) bond motifs is 1. The lowest BCUT2D eigenvalue weighted by Crippen LogP contribution is -2.09. The molecule has 0 spiro atoms. The highest BCUT2D eigenvalue weighted by atomic mass is 32.1. The standard InChI is InChI=1S/C11H12NS/c1-11(2,3)10-12-8-6-4-5-7-9(8)13-10/h5-7H,1-3H3. The van der Waals surface area contributed by atoms with Gasteiger partial charge in [0.2, 0.25) is 0 Å². The average molecular weight is 190 g/mol. The lowest BCUT2D eigenvalue weighted by molar-refractivity contribution is 0.587. The van der Waals surface area contributed by atoms with Crippen molar-refractivity contribution >= 4 is 21.6 Å². The summed E-state index contributed by atoms with van der Waals surface area (Å²) in [6.45, 7) is 6.57. The van der Waals surface area contributed by atoms with Crippen molar-refractivity contribution in [3.05, 3.63) is 29.3 Å². The first kappa shape index (κ1) is 8.70. The zero-order chi connectivity index (χ0) is 9.47. The number of hydrogen-bond acceptors (Lipinski definition) is 2. The minimum Gasteiger partial charge on any atom is -0.241 e. The molecule has 0 bridgehead atoms. The van der Waals surface area contributed by atoms with Crippen LogP contribution in [-0.2, 0) is 5.41 Å². The van der Waals surface area contributed by atoms with E-state index < -0.39 is 0 Å². The molecular formula is C11H12NS. The summed E-state index contributed by atoms with van der Waals surface area (Å²) in [4.78, 5) is 4.57. The number of benzene rings is 1. The SMILES string of the molecule is CC(C)(C)c1nc2c[c]ccc2s1. The third-order valence-corrected chi connectivity index (χ3v) is 3.34. The first-order valence-corrected chi connectivity index (χ1v) is 5.16. The highest BCUT2D eigenvalue weighted by Crippen LogP contribution is 2.30. The molecule has 0 N–H and O–H groups in total. The molecule has 1 heterocycles. The van der Waals surface area contributed by atoms with E-state index in [1.165, 1.54) is 9.71 Å². The van der Waals surface area contributed by atoms with Crippen molar-refractivity contribution in [3.63, 3.8) is 0 Å². The molecule has 0 aliphatic rings. The van der Waals surface area contributed by atoms with Crippen molar-refractivity contribution < 1.29 is 0 Å². The van der Waals surface area contributed by atoms with Gasteiger partial charge in [-0.25, -0.2) is 4.98 Å². The summed E-state index contributed by atoms with van der Waals surface area (Å²) in [5, 5.41) is 1.20. The quantitative estimate of drug-likeness (QED) is 0.620. The minimum absolute atomic E-state index is 0.156. The van der Waals surface area contributed by atoms with Crippen LogP contribution in [0.5, 0.6) is 0 Å². The molecule has 2 rings (SSSR count). The molecule has 1 radical (unpaired) electrons. The molecular weight excluding hydrogens is 178 g/mol. The Balaban J connectivity index is 2.63. The molecule has 0 amide bonds. The molecule has 0 saturated carbocycles. The maximum Gasteiger partial charge on any atom is 0.0992 e. The molecule has 1 nitrogen and oxygen atoms in total. The Morgan fingerprint density at radius 2 is 2.15 bits per heavy atom. The summed E-state index contributed by atoms with van der Waals surface area (Å²) in [6, 6.07) is 9.00. The van der Waals surface area contributed by atoms with Crippen LogP contribution < -0.4 is 0 Å². The molecule has 0 aliphatic carbocycles. The van der Waals surface area contributed by atoms with Gasteiger partial charge in [0, 0.05) is 5.41 Å². The second-order valence-electron chi connectivity index (χ2n) is 4.16. The molecule has 0 unspecified atom stereocenters. The lowest BCUT2D eigenvalue weighted by Gasteiger charge is -2.13. The normalized spacial score (nSPS) is 12.2. The van der Waals surface area contributed by atoms with E-state index >= 15 is 0 Å². The van der Waals surface area contributed by atoms with E-state index in [4.69, 9.17) is 0 Å². The molecule has 13 heavy (non-hydrogen) atoms. The van der Waals surface area contributed by atoms with Gasteiger partial charge in [0.05, 0.1) is 15.2 Å². The fraction of sp³-hybridized carbons (Fsp3) is 0.364. The van der Waals surface area contributed by atoms with Gasteiger partial charge in [-0.3, -0.25) is 0 Å². The molecule has 67 valence electrons. The first-order chi connectivity index (χ1) is 6.07. The van der Waals surface area contributed by atoms with Crippen LogP contribution >= 0.6 is 11.3 Å². The maximum absolute atomic E-state index is 4.57.